The molecular formula is C15H21N3O. The molecule has 2 N–H and O–H groups in total. The van der Waals surface area contributed by atoms with Gasteiger partial charge in [-0.15, -0.1) is 0 Å². The van der Waals surface area contributed by atoms with Gasteiger partial charge in [-0.25, -0.2) is 4.98 Å². The Labute approximate surface area is 114 Å². The molecule has 0 fully saturated rings. The number of aryl methyl sites for hydroxylation is 2. The van der Waals surface area contributed by atoms with Gasteiger partial charge in [0.15, 0.2) is 0 Å². The van der Waals surface area contributed by atoms with Crippen molar-refractivity contribution in [3.05, 3.63) is 48.0 Å². The van der Waals surface area contributed by atoms with Crippen LogP contribution in [0.1, 0.15) is 30.8 Å². The fourth-order valence-electron chi connectivity index (χ4n) is 2.15. The Balaban J connectivity index is 2.03. The van der Waals surface area contributed by atoms with Crippen molar-refractivity contribution in [1.29, 1.82) is 0 Å². The van der Waals surface area contributed by atoms with Gasteiger partial charge in [0.25, 0.3) is 0 Å². The molecule has 2 aromatic rings. The Morgan fingerprint density at radius 2 is 2.16 bits per heavy atom. The van der Waals surface area contributed by atoms with Crippen molar-refractivity contribution in [2.45, 2.75) is 25.8 Å². The maximum atomic E-state index is 6.28. The molecule has 1 aromatic heterocycles. The number of benzene rings is 1. The second-order valence-corrected chi connectivity index (χ2v) is 4.57. The maximum absolute atomic E-state index is 6.28. The zero-order valence-corrected chi connectivity index (χ0v) is 11.5. The van der Waals surface area contributed by atoms with Crippen molar-refractivity contribution in [2.24, 2.45) is 12.8 Å². The summed E-state index contributed by atoms with van der Waals surface area (Å²) in [6.07, 6.45) is 5.49. The van der Waals surface area contributed by atoms with Crippen molar-refractivity contribution in [3.8, 4) is 5.75 Å². The summed E-state index contributed by atoms with van der Waals surface area (Å²) in [5.74, 6) is 1.95. The molecule has 4 nitrogen and oxygen atoms in total. The zero-order chi connectivity index (χ0) is 13.7. The first-order valence-electron chi connectivity index (χ1n) is 6.66. The minimum atomic E-state index is -0.0283. The van der Waals surface area contributed by atoms with Gasteiger partial charge in [-0.05, 0) is 19.4 Å². The van der Waals surface area contributed by atoms with Gasteiger partial charge in [-0.1, -0.05) is 18.2 Å². The average molecular weight is 259 g/mol. The van der Waals surface area contributed by atoms with Gasteiger partial charge in [-0.2, -0.15) is 0 Å². The van der Waals surface area contributed by atoms with E-state index in [0.29, 0.717) is 6.61 Å². The van der Waals surface area contributed by atoms with Gasteiger partial charge in [0.05, 0.1) is 6.61 Å². The van der Waals surface area contributed by atoms with E-state index in [1.807, 2.05) is 55.2 Å². The molecule has 0 aliphatic heterocycles. The van der Waals surface area contributed by atoms with Crippen LogP contribution >= 0.6 is 0 Å². The first-order chi connectivity index (χ1) is 9.22. The van der Waals surface area contributed by atoms with E-state index >= 15 is 0 Å². The number of para-hydroxylation sites is 1. The number of ether oxygens (including phenoxy) is 1. The largest absolute Gasteiger partial charge is 0.494 e. The van der Waals surface area contributed by atoms with Gasteiger partial charge >= 0.3 is 0 Å². The van der Waals surface area contributed by atoms with Crippen molar-refractivity contribution >= 4 is 0 Å². The number of aromatic nitrogens is 2. The van der Waals surface area contributed by atoms with Crippen molar-refractivity contribution in [3.63, 3.8) is 0 Å². The molecule has 1 aromatic carbocycles. The number of rotatable bonds is 6. The topological polar surface area (TPSA) is 53.1 Å². The lowest BCUT2D eigenvalue weighted by molar-refractivity contribution is 0.333. The monoisotopic (exact) mass is 259 g/mol. The molecule has 0 spiro atoms. The molecule has 0 saturated carbocycles. The smallest absolute Gasteiger partial charge is 0.124 e. The van der Waals surface area contributed by atoms with Gasteiger partial charge in [-0.3, -0.25) is 0 Å². The molecule has 0 radical (unpaired) electrons. The normalized spacial score (nSPS) is 12.4. The second-order valence-electron chi connectivity index (χ2n) is 4.57. The Hall–Kier alpha value is -1.81. The van der Waals surface area contributed by atoms with Gasteiger partial charge in [0.1, 0.15) is 11.6 Å². The van der Waals surface area contributed by atoms with Gasteiger partial charge in [0, 0.05) is 37.5 Å². The Bertz CT molecular complexity index is 522. The van der Waals surface area contributed by atoms with Crippen LogP contribution < -0.4 is 10.5 Å². The third-order valence-electron chi connectivity index (χ3n) is 3.22. The van der Waals surface area contributed by atoms with Crippen molar-refractivity contribution in [2.75, 3.05) is 6.61 Å². The third-order valence-corrected chi connectivity index (χ3v) is 3.22. The van der Waals surface area contributed by atoms with Crippen molar-refractivity contribution < 1.29 is 4.74 Å². The Morgan fingerprint density at radius 1 is 1.37 bits per heavy atom. The third kappa shape index (κ3) is 3.35. The average Bonchev–Trinajstić information content (AvgIpc) is 2.82. The van der Waals surface area contributed by atoms with Crippen LogP contribution in [0.25, 0.3) is 0 Å². The van der Waals surface area contributed by atoms with Crippen LogP contribution in [-0.4, -0.2) is 16.2 Å². The van der Waals surface area contributed by atoms with Crippen LogP contribution in [0.5, 0.6) is 5.75 Å². The summed E-state index contributed by atoms with van der Waals surface area (Å²) in [7, 11) is 2.00. The van der Waals surface area contributed by atoms with Gasteiger partial charge in [0.2, 0.25) is 0 Å². The van der Waals surface area contributed by atoms with E-state index < -0.39 is 0 Å². The summed E-state index contributed by atoms with van der Waals surface area (Å²) in [5.41, 5.74) is 7.34. The van der Waals surface area contributed by atoms with Crippen LogP contribution in [0.15, 0.2) is 36.7 Å². The zero-order valence-electron chi connectivity index (χ0n) is 11.5. The number of hydrogen-bond acceptors (Lipinski definition) is 3. The molecule has 1 unspecified atom stereocenters. The highest BCUT2D eigenvalue weighted by Crippen LogP contribution is 2.26. The molecule has 0 bridgehead atoms. The molecule has 0 saturated heterocycles. The highest BCUT2D eigenvalue weighted by Gasteiger charge is 2.12. The summed E-state index contributed by atoms with van der Waals surface area (Å²) in [4.78, 5) is 4.32. The quantitative estimate of drug-likeness (QED) is 0.867. The number of hydrogen-bond donors (Lipinski definition) is 1. The standard InChI is InChI=1S/C15H21N3O/c1-3-19-14-7-5-4-6-12(14)13(16)8-9-15-17-10-11-18(15)2/h4-7,10-11,13H,3,8-9,16H2,1-2H3. The number of nitrogens with two attached hydrogens (primary N) is 1. The van der Waals surface area contributed by atoms with E-state index in [1.54, 1.807) is 0 Å². The molecule has 19 heavy (non-hydrogen) atoms. The number of imidazole rings is 1. The van der Waals surface area contributed by atoms with Crippen LogP contribution in [0.3, 0.4) is 0 Å². The molecule has 1 atom stereocenters. The molecule has 2 rings (SSSR count). The fourth-order valence-corrected chi connectivity index (χ4v) is 2.15. The second kappa shape index (κ2) is 6.38. The van der Waals surface area contributed by atoms with E-state index in [-0.39, 0.29) is 6.04 Å². The van der Waals surface area contributed by atoms with E-state index in [1.165, 1.54) is 0 Å². The lowest BCUT2D eigenvalue weighted by atomic mass is 10.0. The van der Waals surface area contributed by atoms with Crippen LogP contribution in [0.4, 0.5) is 0 Å². The highest BCUT2D eigenvalue weighted by atomic mass is 16.5. The fraction of sp³-hybridized carbons (Fsp3) is 0.400. The molecule has 4 heteroatoms. The summed E-state index contributed by atoms with van der Waals surface area (Å²) in [6, 6.07) is 7.95. The predicted octanol–water partition coefficient (Wildman–Crippen LogP) is 2.45. The minimum absolute atomic E-state index is 0.0283. The first kappa shape index (κ1) is 13.6. The van der Waals surface area contributed by atoms with Crippen LogP contribution in [-0.2, 0) is 13.5 Å². The lowest BCUT2D eigenvalue weighted by Gasteiger charge is -2.16. The molecule has 0 aliphatic rings. The Kier molecular flexibility index (Phi) is 4.58. The summed E-state index contributed by atoms with van der Waals surface area (Å²) < 4.78 is 7.65. The molecule has 0 aliphatic carbocycles. The predicted molar refractivity (Wildman–Crippen MR) is 76.1 cm³/mol. The van der Waals surface area contributed by atoms with E-state index in [2.05, 4.69) is 4.98 Å². The molecule has 1 heterocycles. The first-order valence-corrected chi connectivity index (χ1v) is 6.66. The SMILES string of the molecule is CCOc1ccccc1C(N)CCc1nccn1C. The maximum Gasteiger partial charge on any atom is 0.124 e. The summed E-state index contributed by atoms with van der Waals surface area (Å²) in [5, 5.41) is 0. The van der Waals surface area contributed by atoms with Gasteiger partial charge < -0.3 is 15.0 Å². The summed E-state index contributed by atoms with van der Waals surface area (Å²) in [6.45, 7) is 2.64. The molecule has 102 valence electrons. The molecular weight excluding hydrogens is 238 g/mol. The summed E-state index contributed by atoms with van der Waals surface area (Å²) >= 11 is 0. The van der Waals surface area contributed by atoms with E-state index in [9.17, 15) is 0 Å². The van der Waals surface area contributed by atoms with E-state index in [4.69, 9.17) is 10.5 Å². The minimum Gasteiger partial charge on any atom is -0.494 e. The van der Waals surface area contributed by atoms with Crippen molar-refractivity contribution in [1.82, 2.24) is 9.55 Å². The molecule has 0 amide bonds. The van der Waals surface area contributed by atoms with Crippen LogP contribution in [0, 0.1) is 0 Å². The highest BCUT2D eigenvalue weighted by molar-refractivity contribution is 5.35. The number of nitrogens with zero attached hydrogens (tertiary/aromatic N) is 2. The van der Waals surface area contributed by atoms with E-state index in [0.717, 1.165) is 30.0 Å². The van der Waals surface area contributed by atoms with Crippen LogP contribution in [0.2, 0.25) is 0 Å². The lowest BCUT2D eigenvalue weighted by Crippen LogP contribution is -2.14. The Morgan fingerprint density at radius 3 is 2.84 bits per heavy atom.